The summed E-state index contributed by atoms with van der Waals surface area (Å²) >= 11 is 1.36. The van der Waals surface area contributed by atoms with Gasteiger partial charge < -0.3 is 10.2 Å². The van der Waals surface area contributed by atoms with Gasteiger partial charge in [0.25, 0.3) is 0 Å². The van der Waals surface area contributed by atoms with Crippen molar-refractivity contribution in [3.63, 3.8) is 0 Å². The summed E-state index contributed by atoms with van der Waals surface area (Å²) in [5.74, 6) is 0.354. The monoisotopic (exact) mass is 372 g/mol. The van der Waals surface area contributed by atoms with Crippen LogP contribution in [0, 0.1) is 5.92 Å². The maximum absolute atomic E-state index is 12.4. The summed E-state index contributed by atoms with van der Waals surface area (Å²) in [5.41, 5.74) is 2.17. The number of anilines is 2. The second-order valence-electron chi connectivity index (χ2n) is 7.02. The number of amides is 2. The molecule has 0 radical (unpaired) electrons. The minimum absolute atomic E-state index is 0.0154. The lowest BCUT2D eigenvalue weighted by Crippen LogP contribution is -2.24. The number of benzene rings is 1. The van der Waals surface area contributed by atoms with Gasteiger partial charge >= 0.3 is 0 Å². The van der Waals surface area contributed by atoms with Crippen LogP contribution in [0.3, 0.4) is 0 Å². The molecule has 1 aromatic carbocycles. The molecule has 0 aliphatic carbocycles. The van der Waals surface area contributed by atoms with Gasteiger partial charge in [0.2, 0.25) is 16.9 Å². The SMILES string of the molecule is CCc1ccc(N2CC(c3nnc(NC(=O)CC(C)C)s3)CC2=O)cc1. The maximum Gasteiger partial charge on any atom is 0.227 e. The minimum atomic E-state index is -0.0529. The first-order valence-electron chi connectivity index (χ1n) is 8.98. The quantitative estimate of drug-likeness (QED) is 0.840. The predicted molar refractivity (Wildman–Crippen MR) is 104 cm³/mol. The summed E-state index contributed by atoms with van der Waals surface area (Å²) in [6.45, 7) is 6.70. The number of nitrogens with zero attached hydrogens (tertiary/aromatic N) is 3. The number of carbonyl (C=O) groups is 2. The first-order valence-corrected chi connectivity index (χ1v) is 9.80. The molecule has 0 saturated carbocycles. The van der Waals surface area contributed by atoms with Crippen LogP contribution in [0.5, 0.6) is 0 Å². The highest BCUT2D eigenvalue weighted by Crippen LogP contribution is 2.34. The Morgan fingerprint density at radius 2 is 2.04 bits per heavy atom. The Morgan fingerprint density at radius 3 is 2.69 bits per heavy atom. The first-order chi connectivity index (χ1) is 12.5. The number of hydrogen-bond acceptors (Lipinski definition) is 5. The minimum Gasteiger partial charge on any atom is -0.312 e. The number of nitrogens with one attached hydrogen (secondary N) is 1. The van der Waals surface area contributed by atoms with Gasteiger partial charge in [0.15, 0.2) is 0 Å². The highest BCUT2D eigenvalue weighted by atomic mass is 32.1. The van der Waals surface area contributed by atoms with Crippen LogP contribution in [0.1, 0.15) is 50.1 Å². The summed E-state index contributed by atoms with van der Waals surface area (Å²) in [5, 5.41) is 12.3. The lowest BCUT2D eigenvalue weighted by Gasteiger charge is -2.16. The van der Waals surface area contributed by atoms with Gasteiger partial charge in [-0.2, -0.15) is 0 Å². The third-order valence-corrected chi connectivity index (χ3v) is 5.41. The summed E-state index contributed by atoms with van der Waals surface area (Å²) in [6.07, 6.45) is 1.86. The van der Waals surface area contributed by atoms with Crippen molar-refractivity contribution in [1.29, 1.82) is 0 Å². The van der Waals surface area contributed by atoms with Crippen molar-refractivity contribution in [2.75, 3.05) is 16.8 Å². The lowest BCUT2D eigenvalue weighted by atomic mass is 10.1. The molecule has 1 aliphatic rings. The van der Waals surface area contributed by atoms with Crippen LogP contribution in [-0.4, -0.2) is 28.6 Å². The van der Waals surface area contributed by atoms with Gasteiger partial charge in [0.1, 0.15) is 5.01 Å². The Labute approximate surface area is 157 Å². The van der Waals surface area contributed by atoms with Gasteiger partial charge in [0.05, 0.1) is 0 Å². The van der Waals surface area contributed by atoms with Gasteiger partial charge in [-0.15, -0.1) is 10.2 Å². The number of carbonyl (C=O) groups excluding carboxylic acids is 2. The van der Waals surface area contributed by atoms with Crippen molar-refractivity contribution in [3.8, 4) is 0 Å². The van der Waals surface area contributed by atoms with Crippen LogP contribution in [-0.2, 0) is 16.0 Å². The van der Waals surface area contributed by atoms with Crippen molar-refractivity contribution in [2.24, 2.45) is 5.92 Å². The van der Waals surface area contributed by atoms with Gasteiger partial charge in [-0.05, 0) is 30.0 Å². The zero-order valence-electron chi connectivity index (χ0n) is 15.4. The molecule has 138 valence electrons. The first kappa shape index (κ1) is 18.5. The maximum atomic E-state index is 12.4. The van der Waals surface area contributed by atoms with E-state index in [4.69, 9.17) is 0 Å². The summed E-state index contributed by atoms with van der Waals surface area (Å²) < 4.78 is 0. The molecule has 2 amide bonds. The highest BCUT2D eigenvalue weighted by molar-refractivity contribution is 7.15. The van der Waals surface area contributed by atoms with Crippen LogP contribution < -0.4 is 10.2 Å². The van der Waals surface area contributed by atoms with E-state index in [1.807, 2.05) is 30.9 Å². The van der Waals surface area contributed by atoms with Crippen LogP contribution in [0.25, 0.3) is 0 Å². The van der Waals surface area contributed by atoms with Gasteiger partial charge in [-0.1, -0.05) is 44.2 Å². The zero-order valence-corrected chi connectivity index (χ0v) is 16.2. The second-order valence-corrected chi connectivity index (χ2v) is 8.03. The number of rotatable bonds is 6. The van der Waals surface area contributed by atoms with E-state index >= 15 is 0 Å². The van der Waals surface area contributed by atoms with Gasteiger partial charge in [0, 0.05) is 31.0 Å². The van der Waals surface area contributed by atoms with E-state index in [0.29, 0.717) is 30.4 Å². The van der Waals surface area contributed by atoms with E-state index in [-0.39, 0.29) is 17.7 Å². The Morgan fingerprint density at radius 1 is 1.31 bits per heavy atom. The fraction of sp³-hybridized carbons (Fsp3) is 0.474. The number of aromatic nitrogens is 2. The Kier molecular flexibility index (Phi) is 5.66. The molecule has 1 unspecified atom stereocenters. The predicted octanol–water partition coefficient (Wildman–Crippen LogP) is 3.61. The van der Waals surface area contributed by atoms with E-state index in [2.05, 4.69) is 34.6 Å². The third-order valence-electron chi connectivity index (χ3n) is 4.41. The average Bonchev–Trinajstić information content (AvgIpc) is 3.21. The topological polar surface area (TPSA) is 75.2 Å². The van der Waals surface area contributed by atoms with E-state index in [0.717, 1.165) is 17.1 Å². The smallest absolute Gasteiger partial charge is 0.227 e. The molecular weight excluding hydrogens is 348 g/mol. The molecule has 1 aliphatic heterocycles. The van der Waals surface area contributed by atoms with Crippen LogP contribution in [0.4, 0.5) is 10.8 Å². The average molecular weight is 372 g/mol. The summed E-state index contributed by atoms with van der Waals surface area (Å²) in [4.78, 5) is 26.1. The standard InChI is InChI=1S/C19H24N4O2S/c1-4-13-5-7-15(8-6-13)23-11-14(10-17(23)25)18-21-22-19(26-18)20-16(24)9-12(2)3/h5-8,12,14H,4,9-11H2,1-3H3,(H,20,22,24). The summed E-state index contributed by atoms with van der Waals surface area (Å²) in [7, 11) is 0. The molecule has 1 N–H and O–H groups in total. The molecule has 1 saturated heterocycles. The molecule has 1 fully saturated rings. The molecule has 2 heterocycles. The molecule has 6 nitrogen and oxygen atoms in total. The molecule has 26 heavy (non-hydrogen) atoms. The van der Waals surface area contributed by atoms with Crippen LogP contribution in [0.15, 0.2) is 24.3 Å². The van der Waals surface area contributed by atoms with Crippen molar-refractivity contribution in [2.45, 2.75) is 46.0 Å². The van der Waals surface area contributed by atoms with Crippen LogP contribution in [0.2, 0.25) is 0 Å². The Bertz CT molecular complexity index is 785. The van der Waals surface area contributed by atoms with Crippen molar-refractivity contribution < 1.29 is 9.59 Å². The largest absolute Gasteiger partial charge is 0.312 e. The second kappa shape index (κ2) is 7.95. The fourth-order valence-electron chi connectivity index (χ4n) is 3.03. The third kappa shape index (κ3) is 4.27. The number of aryl methyl sites for hydroxylation is 1. The lowest BCUT2D eigenvalue weighted by molar-refractivity contribution is -0.117. The molecule has 1 aromatic heterocycles. The van der Waals surface area contributed by atoms with Crippen molar-refractivity contribution in [3.05, 3.63) is 34.8 Å². The number of hydrogen-bond donors (Lipinski definition) is 1. The molecule has 0 spiro atoms. The Balaban J connectivity index is 1.66. The summed E-state index contributed by atoms with van der Waals surface area (Å²) in [6, 6.07) is 8.11. The molecule has 0 bridgehead atoms. The highest BCUT2D eigenvalue weighted by Gasteiger charge is 2.33. The van der Waals surface area contributed by atoms with E-state index < -0.39 is 0 Å². The molecule has 3 rings (SSSR count). The molecule has 2 aromatic rings. The normalized spacial score (nSPS) is 17.2. The van der Waals surface area contributed by atoms with E-state index in [1.54, 1.807) is 0 Å². The van der Waals surface area contributed by atoms with E-state index in [1.165, 1.54) is 16.9 Å². The van der Waals surface area contributed by atoms with Crippen LogP contribution >= 0.6 is 11.3 Å². The molecule has 7 heteroatoms. The van der Waals surface area contributed by atoms with Crippen molar-refractivity contribution >= 4 is 34.0 Å². The molecule has 1 atom stereocenters. The van der Waals surface area contributed by atoms with Gasteiger partial charge in [-0.3, -0.25) is 9.59 Å². The Hall–Kier alpha value is -2.28. The van der Waals surface area contributed by atoms with Gasteiger partial charge in [-0.25, -0.2) is 0 Å². The van der Waals surface area contributed by atoms with Crippen molar-refractivity contribution in [1.82, 2.24) is 10.2 Å². The molecular formula is C19H24N4O2S. The fourth-order valence-corrected chi connectivity index (χ4v) is 3.88. The van der Waals surface area contributed by atoms with E-state index in [9.17, 15) is 9.59 Å². The zero-order chi connectivity index (χ0) is 18.7.